The first-order valence-corrected chi connectivity index (χ1v) is 7.15. The number of hydrogen-bond acceptors (Lipinski definition) is 2. The van der Waals surface area contributed by atoms with Gasteiger partial charge in [-0.15, -0.1) is 0 Å². The maximum atomic E-state index is 9.48. The van der Waals surface area contributed by atoms with E-state index < -0.39 is 6.10 Å². The molecule has 0 bridgehead atoms. The van der Waals surface area contributed by atoms with Crippen molar-refractivity contribution < 1.29 is 9.84 Å². The number of aliphatic hydroxyl groups is 1. The van der Waals surface area contributed by atoms with E-state index in [0.29, 0.717) is 20.8 Å². The highest BCUT2D eigenvalue weighted by Crippen LogP contribution is 2.30. The van der Waals surface area contributed by atoms with Crippen LogP contribution in [0.2, 0.25) is 15.1 Å². The standard InChI is InChI=1S/C15H13Cl3O2/c1-9(19)10-5-6-14(13(17)7-10)20-8-11-3-2-4-12(16)15(11)18/h2-7,9,19H,8H2,1H3. The van der Waals surface area contributed by atoms with Crippen LogP contribution in [0.4, 0.5) is 0 Å². The van der Waals surface area contributed by atoms with Crippen molar-refractivity contribution in [2.45, 2.75) is 19.6 Å². The zero-order chi connectivity index (χ0) is 14.7. The van der Waals surface area contributed by atoms with Crippen LogP contribution in [-0.4, -0.2) is 5.11 Å². The molecule has 0 fully saturated rings. The van der Waals surface area contributed by atoms with Gasteiger partial charge in [0.2, 0.25) is 0 Å². The third-order valence-corrected chi connectivity index (χ3v) is 4.01. The van der Waals surface area contributed by atoms with Gasteiger partial charge in [-0.3, -0.25) is 0 Å². The lowest BCUT2D eigenvalue weighted by atomic mass is 10.1. The summed E-state index contributed by atoms with van der Waals surface area (Å²) in [5, 5.41) is 10.9. The first-order valence-electron chi connectivity index (χ1n) is 6.02. The van der Waals surface area contributed by atoms with Gasteiger partial charge in [-0.1, -0.05) is 53.0 Å². The van der Waals surface area contributed by atoms with Crippen molar-refractivity contribution >= 4 is 34.8 Å². The predicted molar refractivity (Wildman–Crippen MR) is 82.9 cm³/mol. The predicted octanol–water partition coefficient (Wildman–Crippen LogP) is 5.28. The van der Waals surface area contributed by atoms with Crippen molar-refractivity contribution in [2.24, 2.45) is 0 Å². The zero-order valence-corrected chi connectivity index (χ0v) is 13.0. The Kier molecular flexibility index (Phi) is 5.17. The molecule has 1 atom stereocenters. The van der Waals surface area contributed by atoms with Gasteiger partial charge in [0.05, 0.1) is 21.2 Å². The second kappa shape index (κ2) is 6.68. The van der Waals surface area contributed by atoms with Gasteiger partial charge in [0.25, 0.3) is 0 Å². The number of hydrogen-bond donors (Lipinski definition) is 1. The van der Waals surface area contributed by atoms with E-state index in [-0.39, 0.29) is 6.61 Å². The highest BCUT2D eigenvalue weighted by molar-refractivity contribution is 6.42. The van der Waals surface area contributed by atoms with E-state index in [1.807, 2.05) is 12.1 Å². The van der Waals surface area contributed by atoms with E-state index in [9.17, 15) is 5.11 Å². The van der Waals surface area contributed by atoms with E-state index in [4.69, 9.17) is 39.5 Å². The quantitative estimate of drug-likeness (QED) is 0.826. The van der Waals surface area contributed by atoms with E-state index in [0.717, 1.165) is 11.1 Å². The summed E-state index contributed by atoms with van der Waals surface area (Å²) in [5.41, 5.74) is 1.53. The van der Waals surface area contributed by atoms with E-state index in [1.54, 1.807) is 31.2 Å². The van der Waals surface area contributed by atoms with Gasteiger partial charge in [-0.25, -0.2) is 0 Å². The smallest absolute Gasteiger partial charge is 0.138 e. The van der Waals surface area contributed by atoms with Crippen LogP contribution in [0.3, 0.4) is 0 Å². The Morgan fingerprint density at radius 1 is 1.10 bits per heavy atom. The number of rotatable bonds is 4. The Morgan fingerprint density at radius 3 is 2.50 bits per heavy atom. The molecule has 1 N–H and O–H groups in total. The summed E-state index contributed by atoms with van der Waals surface area (Å²) >= 11 is 18.1. The third kappa shape index (κ3) is 3.58. The van der Waals surface area contributed by atoms with Crippen molar-refractivity contribution in [1.29, 1.82) is 0 Å². The van der Waals surface area contributed by atoms with Gasteiger partial charge in [-0.2, -0.15) is 0 Å². The van der Waals surface area contributed by atoms with Gasteiger partial charge in [-0.05, 0) is 30.7 Å². The van der Waals surface area contributed by atoms with E-state index >= 15 is 0 Å². The highest BCUT2D eigenvalue weighted by Gasteiger charge is 2.09. The van der Waals surface area contributed by atoms with Crippen molar-refractivity contribution in [1.82, 2.24) is 0 Å². The lowest BCUT2D eigenvalue weighted by Crippen LogP contribution is -1.98. The largest absolute Gasteiger partial charge is 0.487 e. The van der Waals surface area contributed by atoms with Crippen LogP contribution in [0.25, 0.3) is 0 Å². The minimum Gasteiger partial charge on any atom is -0.487 e. The molecule has 0 saturated carbocycles. The normalized spacial score (nSPS) is 12.2. The van der Waals surface area contributed by atoms with Gasteiger partial charge in [0.1, 0.15) is 12.4 Å². The maximum absolute atomic E-state index is 9.48. The van der Waals surface area contributed by atoms with Gasteiger partial charge in [0, 0.05) is 5.56 Å². The van der Waals surface area contributed by atoms with Gasteiger partial charge in [0.15, 0.2) is 0 Å². The van der Waals surface area contributed by atoms with Crippen LogP contribution in [-0.2, 0) is 6.61 Å². The summed E-state index contributed by atoms with van der Waals surface area (Å²) in [6, 6.07) is 10.5. The minimum absolute atomic E-state index is 0.271. The van der Waals surface area contributed by atoms with Crippen molar-refractivity contribution in [2.75, 3.05) is 0 Å². The molecule has 106 valence electrons. The summed E-state index contributed by atoms with van der Waals surface area (Å²) in [4.78, 5) is 0. The summed E-state index contributed by atoms with van der Waals surface area (Å²) in [7, 11) is 0. The van der Waals surface area contributed by atoms with Gasteiger partial charge >= 0.3 is 0 Å². The zero-order valence-electron chi connectivity index (χ0n) is 10.7. The lowest BCUT2D eigenvalue weighted by Gasteiger charge is -2.12. The average Bonchev–Trinajstić information content (AvgIpc) is 2.41. The second-order valence-electron chi connectivity index (χ2n) is 4.37. The Bertz CT molecular complexity index is 612. The second-order valence-corrected chi connectivity index (χ2v) is 5.56. The Morgan fingerprint density at radius 2 is 1.85 bits per heavy atom. The monoisotopic (exact) mass is 330 g/mol. The van der Waals surface area contributed by atoms with Crippen molar-refractivity contribution in [3.05, 3.63) is 62.6 Å². The number of halogens is 3. The molecule has 1 unspecified atom stereocenters. The van der Waals surface area contributed by atoms with Crippen LogP contribution >= 0.6 is 34.8 Å². The average molecular weight is 332 g/mol. The summed E-state index contributed by atoms with van der Waals surface area (Å²) in [6.45, 7) is 1.95. The molecular weight excluding hydrogens is 319 g/mol. The molecule has 2 rings (SSSR count). The Hall–Kier alpha value is -0.930. The number of ether oxygens (including phenoxy) is 1. The summed E-state index contributed by atoms with van der Waals surface area (Å²) in [6.07, 6.45) is -0.566. The molecule has 20 heavy (non-hydrogen) atoms. The fraction of sp³-hybridized carbons (Fsp3) is 0.200. The molecule has 0 aliphatic rings. The molecule has 0 aliphatic heterocycles. The van der Waals surface area contributed by atoms with E-state index in [1.165, 1.54) is 0 Å². The lowest BCUT2D eigenvalue weighted by molar-refractivity contribution is 0.199. The van der Waals surface area contributed by atoms with Crippen LogP contribution in [0.5, 0.6) is 5.75 Å². The van der Waals surface area contributed by atoms with Crippen LogP contribution < -0.4 is 4.74 Å². The number of benzene rings is 2. The molecule has 0 radical (unpaired) electrons. The fourth-order valence-corrected chi connectivity index (χ4v) is 2.33. The molecule has 0 heterocycles. The van der Waals surface area contributed by atoms with Crippen LogP contribution in [0, 0.1) is 0 Å². The molecule has 2 aromatic carbocycles. The van der Waals surface area contributed by atoms with Crippen LogP contribution in [0.1, 0.15) is 24.2 Å². The molecule has 0 aliphatic carbocycles. The molecule has 2 nitrogen and oxygen atoms in total. The summed E-state index contributed by atoms with van der Waals surface area (Å²) in [5.74, 6) is 0.534. The minimum atomic E-state index is -0.566. The van der Waals surface area contributed by atoms with Crippen molar-refractivity contribution in [3.63, 3.8) is 0 Å². The molecule has 0 aromatic heterocycles. The number of aliphatic hydroxyl groups excluding tert-OH is 1. The molecule has 2 aromatic rings. The molecule has 0 amide bonds. The van der Waals surface area contributed by atoms with Crippen molar-refractivity contribution in [3.8, 4) is 5.75 Å². The SMILES string of the molecule is CC(O)c1ccc(OCc2cccc(Cl)c2Cl)c(Cl)c1. The molecule has 0 saturated heterocycles. The van der Waals surface area contributed by atoms with Crippen LogP contribution in [0.15, 0.2) is 36.4 Å². The third-order valence-electron chi connectivity index (χ3n) is 2.85. The summed E-state index contributed by atoms with van der Waals surface area (Å²) < 4.78 is 5.64. The molecule has 5 heteroatoms. The Balaban J connectivity index is 2.13. The molecule has 0 spiro atoms. The van der Waals surface area contributed by atoms with Gasteiger partial charge < -0.3 is 9.84 Å². The fourth-order valence-electron chi connectivity index (χ4n) is 1.71. The topological polar surface area (TPSA) is 29.5 Å². The maximum Gasteiger partial charge on any atom is 0.138 e. The van der Waals surface area contributed by atoms with E-state index in [2.05, 4.69) is 0 Å². The Labute approximate surface area is 132 Å². The molecular formula is C15H13Cl3O2. The highest BCUT2D eigenvalue weighted by atomic mass is 35.5. The first kappa shape index (κ1) is 15.5. The first-order chi connectivity index (χ1) is 9.49.